The van der Waals surface area contributed by atoms with Gasteiger partial charge in [-0.15, -0.1) is 0 Å². The highest BCUT2D eigenvalue weighted by Gasteiger charge is 2.33. The molecular weight excluding hydrogens is 344 g/mol. The van der Waals surface area contributed by atoms with Gasteiger partial charge in [-0.25, -0.2) is 13.4 Å². The molecule has 0 aromatic carbocycles. The first kappa shape index (κ1) is 17.6. The van der Waals surface area contributed by atoms with Crippen molar-refractivity contribution in [2.24, 2.45) is 13.0 Å². The Labute approximate surface area is 146 Å². The van der Waals surface area contributed by atoms with Gasteiger partial charge in [-0.05, 0) is 26.7 Å². The van der Waals surface area contributed by atoms with Crippen molar-refractivity contribution in [3.05, 3.63) is 23.8 Å². The Morgan fingerprint density at radius 1 is 1.32 bits per heavy atom. The molecule has 0 aliphatic carbocycles. The fraction of sp³-hybridized carbons (Fsp3) is 0.533. The Morgan fingerprint density at radius 3 is 2.52 bits per heavy atom. The highest BCUT2D eigenvalue weighted by molar-refractivity contribution is 7.89. The van der Waals surface area contributed by atoms with Gasteiger partial charge in [0.05, 0.1) is 0 Å². The van der Waals surface area contributed by atoms with Gasteiger partial charge in [0.1, 0.15) is 5.82 Å². The number of rotatable bonds is 4. The maximum Gasteiger partial charge on any atom is 0.262 e. The number of imidazole rings is 1. The van der Waals surface area contributed by atoms with Gasteiger partial charge in [0.25, 0.3) is 10.0 Å². The van der Waals surface area contributed by atoms with Crippen molar-refractivity contribution in [2.45, 2.75) is 31.7 Å². The minimum Gasteiger partial charge on any atom is -0.337 e. The van der Waals surface area contributed by atoms with Gasteiger partial charge in [-0.1, -0.05) is 0 Å². The number of aromatic amines is 1. The quantitative estimate of drug-likeness (QED) is 0.831. The summed E-state index contributed by atoms with van der Waals surface area (Å²) in [5.41, 5.74) is 0.863. The number of nitrogens with one attached hydrogen (secondary N) is 2. The molecular formula is C15H22N6O3S. The summed E-state index contributed by atoms with van der Waals surface area (Å²) >= 11 is 0. The van der Waals surface area contributed by atoms with Crippen LogP contribution in [0.4, 0.5) is 5.82 Å². The van der Waals surface area contributed by atoms with Crippen LogP contribution in [0.2, 0.25) is 0 Å². The summed E-state index contributed by atoms with van der Waals surface area (Å²) in [4.78, 5) is 16.4. The summed E-state index contributed by atoms with van der Waals surface area (Å²) in [6.07, 6.45) is 2.46. The summed E-state index contributed by atoms with van der Waals surface area (Å²) in [7, 11) is -1.86. The first-order chi connectivity index (χ1) is 11.8. The highest BCUT2D eigenvalue weighted by atomic mass is 32.2. The second-order valence-corrected chi connectivity index (χ2v) is 8.23. The number of hydrogen-bond donors (Lipinski definition) is 2. The van der Waals surface area contributed by atoms with Crippen molar-refractivity contribution in [2.75, 3.05) is 18.4 Å². The van der Waals surface area contributed by atoms with E-state index in [9.17, 15) is 13.2 Å². The van der Waals surface area contributed by atoms with Crippen LogP contribution in [-0.4, -0.2) is 51.5 Å². The topological polar surface area (TPSA) is 113 Å². The molecule has 1 aliphatic heterocycles. The Kier molecular flexibility index (Phi) is 4.65. The van der Waals surface area contributed by atoms with E-state index >= 15 is 0 Å². The zero-order valence-corrected chi connectivity index (χ0v) is 15.3. The number of aromatic nitrogens is 4. The summed E-state index contributed by atoms with van der Waals surface area (Å²) < 4.78 is 28.4. The Balaban J connectivity index is 1.62. The SMILES string of the molecule is Cc1cc(NC(=O)C2CCN(S(=O)(=O)c3cn(C)c(C)n3)CC2)n[nH]1. The van der Waals surface area contributed by atoms with Gasteiger partial charge in [0, 0.05) is 44.0 Å². The molecule has 0 spiro atoms. The number of nitrogens with zero attached hydrogens (tertiary/aromatic N) is 4. The summed E-state index contributed by atoms with van der Waals surface area (Å²) in [5.74, 6) is 0.773. The van der Waals surface area contributed by atoms with Crippen molar-refractivity contribution in [3.8, 4) is 0 Å². The summed E-state index contributed by atoms with van der Waals surface area (Å²) in [5, 5.41) is 9.57. The molecule has 3 heterocycles. The van der Waals surface area contributed by atoms with Gasteiger partial charge < -0.3 is 9.88 Å². The second-order valence-electron chi connectivity index (χ2n) is 6.34. The number of carbonyl (C=O) groups is 1. The van der Waals surface area contributed by atoms with Crippen LogP contribution in [0.25, 0.3) is 0 Å². The van der Waals surface area contributed by atoms with Crippen LogP contribution in [-0.2, 0) is 21.9 Å². The van der Waals surface area contributed by atoms with Crippen LogP contribution in [0.15, 0.2) is 17.3 Å². The molecule has 0 radical (unpaired) electrons. The van der Waals surface area contributed by atoms with E-state index in [1.165, 1.54) is 10.5 Å². The van der Waals surface area contributed by atoms with E-state index in [0.29, 0.717) is 37.6 Å². The fourth-order valence-corrected chi connectivity index (χ4v) is 4.35. The van der Waals surface area contributed by atoms with Gasteiger partial charge in [-0.2, -0.15) is 9.40 Å². The van der Waals surface area contributed by atoms with E-state index in [1.54, 1.807) is 24.6 Å². The second kappa shape index (κ2) is 6.60. The van der Waals surface area contributed by atoms with Crippen molar-refractivity contribution in [3.63, 3.8) is 0 Å². The molecule has 1 amide bonds. The van der Waals surface area contributed by atoms with E-state index in [1.807, 2.05) is 6.92 Å². The molecule has 1 saturated heterocycles. The predicted molar refractivity (Wildman–Crippen MR) is 91.4 cm³/mol. The fourth-order valence-electron chi connectivity index (χ4n) is 2.85. The normalized spacial score (nSPS) is 16.9. The molecule has 10 heteroatoms. The molecule has 0 unspecified atom stereocenters. The number of H-pyrrole nitrogens is 1. The average Bonchev–Trinajstić information content (AvgIpc) is 3.13. The maximum atomic E-state index is 12.7. The molecule has 9 nitrogen and oxygen atoms in total. The lowest BCUT2D eigenvalue weighted by atomic mass is 9.97. The van der Waals surface area contributed by atoms with Gasteiger partial charge in [0.2, 0.25) is 5.91 Å². The first-order valence-electron chi connectivity index (χ1n) is 8.10. The first-order valence-corrected chi connectivity index (χ1v) is 9.54. The molecule has 136 valence electrons. The monoisotopic (exact) mass is 366 g/mol. The minimum atomic E-state index is -3.62. The van der Waals surface area contributed by atoms with E-state index in [-0.39, 0.29) is 16.9 Å². The number of carbonyl (C=O) groups excluding carboxylic acids is 1. The molecule has 0 bridgehead atoms. The maximum absolute atomic E-state index is 12.7. The van der Waals surface area contributed by atoms with E-state index in [2.05, 4.69) is 20.5 Å². The lowest BCUT2D eigenvalue weighted by Gasteiger charge is -2.29. The number of anilines is 1. The standard InChI is InChI=1S/C15H22N6O3S/c1-10-8-13(19-18-10)17-15(22)12-4-6-21(7-5-12)25(23,24)14-9-20(3)11(2)16-14/h8-9,12H,4-7H2,1-3H3,(H2,17,18,19,22). The number of sulfonamides is 1. The third-order valence-corrected chi connectivity index (χ3v) is 6.24. The molecule has 2 aromatic heterocycles. The highest BCUT2D eigenvalue weighted by Crippen LogP contribution is 2.24. The number of amides is 1. The van der Waals surface area contributed by atoms with Gasteiger partial charge in [0.15, 0.2) is 10.8 Å². The van der Waals surface area contributed by atoms with Gasteiger partial charge >= 0.3 is 0 Å². The van der Waals surface area contributed by atoms with E-state index in [4.69, 9.17) is 0 Å². The molecule has 0 atom stereocenters. The Morgan fingerprint density at radius 2 is 2.00 bits per heavy atom. The number of aryl methyl sites for hydroxylation is 3. The lowest BCUT2D eigenvalue weighted by Crippen LogP contribution is -2.41. The summed E-state index contributed by atoms with van der Waals surface area (Å²) in [6, 6.07) is 1.75. The number of hydrogen-bond acceptors (Lipinski definition) is 5. The van der Waals surface area contributed by atoms with Gasteiger partial charge in [-0.3, -0.25) is 9.89 Å². The van der Waals surface area contributed by atoms with Crippen molar-refractivity contribution in [1.82, 2.24) is 24.1 Å². The molecule has 2 N–H and O–H groups in total. The molecule has 25 heavy (non-hydrogen) atoms. The largest absolute Gasteiger partial charge is 0.337 e. The van der Waals surface area contributed by atoms with Crippen LogP contribution in [0.3, 0.4) is 0 Å². The zero-order chi connectivity index (χ0) is 18.2. The van der Waals surface area contributed by atoms with Crippen LogP contribution < -0.4 is 5.32 Å². The Hall–Kier alpha value is -2.20. The van der Waals surface area contributed by atoms with Crippen LogP contribution >= 0.6 is 0 Å². The van der Waals surface area contributed by atoms with Crippen LogP contribution in [0.5, 0.6) is 0 Å². The zero-order valence-electron chi connectivity index (χ0n) is 14.5. The Bertz CT molecular complexity index is 857. The molecule has 3 rings (SSSR count). The lowest BCUT2D eigenvalue weighted by molar-refractivity contribution is -0.120. The van der Waals surface area contributed by atoms with Crippen LogP contribution in [0, 0.1) is 19.8 Å². The minimum absolute atomic E-state index is 0.0578. The molecule has 1 fully saturated rings. The third kappa shape index (κ3) is 3.59. The smallest absolute Gasteiger partial charge is 0.262 e. The van der Waals surface area contributed by atoms with Crippen molar-refractivity contribution < 1.29 is 13.2 Å². The van der Waals surface area contributed by atoms with Crippen molar-refractivity contribution in [1.29, 1.82) is 0 Å². The average molecular weight is 366 g/mol. The summed E-state index contributed by atoms with van der Waals surface area (Å²) in [6.45, 7) is 4.21. The number of piperidine rings is 1. The molecule has 2 aromatic rings. The third-order valence-electron chi connectivity index (χ3n) is 4.47. The molecule has 0 saturated carbocycles. The van der Waals surface area contributed by atoms with Crippen LogP contribution in [0.1, 0.15) is 24.4 Å². The molecule has 1 aliphatic rings. The predicted octanol–water partition coefficient (Wildman–Crippen LogP) is 0.799. The van der Waals surface area contributed by atoms with Crippen molar-refractivity contribution >= 4 is 21.7 Å². The van der Waals surface area contributed by atoms with E-state index in [0.717, 1.165) is 5.69 Å². The van der Waals surface area contributed by atoms with E-state index < -0.39 is 10.0 Å².